The second kappa shape index (κ2) is 6.25. The predicted molar refractivity (Wildman–Crippen MR) is 54.7 cm³/mol. The van der Waals surface area contributed by atoms with Crippen LogP contribution in [0.3, 0.4) is 0 Å². The molecule has 0 aliphatic rings. The molecule has 0 atom stereocenters. The van der Waals surface area contributed by atoms with Crippen LogP contribution in [0.15, 0.2) is 22.4 Å². The fraction of sp³-hybridized carbons (Fsp3) is 0.250. The van der Waals surface area contributed by atoms with E-state index in [4.69, 9.17) is 10.5 Å². The minimum absolute atomic E-state index is 0.340. The van der Waals surface area contributed by atoms with Crippen molar-refractivity contribution in [1.29, 1.82) is 10.5 Å². The van der Waals surface area contributed by atoms with Gasteiger partial charge in [0.1, 0.15) is 5.03 Å². The number of nitriles is 2. The lowest BCUT2D eigenvalue weighted by Crippen LogP contribution is -1.88. The highest BCUT2D eigenvalue weighted by molar-refractivity contribution is 8.00. The van der Waals surface area contributed by atoms with E-state index < -0.39 is 0 Å². The fourth-order valence-corrected chi connectivity index (χ4v) is 1.75. The molecule has 0 N–H and O–H groups in total. The van der Waals surface area contributed by atoms with Crippen LogP contribution in [-0.4, -0.2) is 21.5 Å². The van der Waals surface area contributed by atoms with Gasteiger partial charge in [-0.25, -0.2) is 9.97 Å². The first-order valence-electron chi connectivity index (χ1n) is 3.69. The van der Waals surface area contributed by atoms with Crippen molar-refractivity contribution in [1.82, 2.24) is 9.97 Å². The van der Waals surface area contributed by atoms with E-state index in [1.807, 2.05) is 12.1 Å². The van der Waals surface area contributed by atoms with Gasteiger partial charge in [0.15, 0.2) is 5.16 Å². The Labute approximate surface area is 90.4 Å². The zero-order chi connectivity index (χ0) is 10.2. The highest BCUT2D eigenvalue weighted by Gasteiger charge is 1.99. The zero-order valence-corrected chi connectivity index (χ0v) is 8.81. The van der Waals surface area contributed by atoms with Crippen LogP contribution < -0.4 is 0 Å². The smallest absolute Gasteiger partial charge is 0.189 e. The summed E-state index contributed by atoms with van der Waals surface area (Å²) in [6.07, 6.45) is 1.63. The molecular weight excluding hydrogens is 216 g/mol. The van der Waals surface area contributed by atoms with Crippen LogP contribution in [0.2, 0.25) is 0 Å². The Balaban J connectivity index is 2.61. The Kier molecular flexibility index (Phi) is 4.84. The normalized spacial score (nSPS) is 9.00. The summed E-state index contributed by atoms with van der Waals surface area (Å²) in [4.78, 5) is 8.15. The monoisotopic (exact) mass is 222 g/mol. The Bertz CT molecular complexity index is 346. The van der Waals surface area contributed by atoms with E-state index in [2.05, 4.69) is 9.97 Å². The van der Waals surface area contributed by atoms with Gasteiger partial charge in [0.25, 0.3) is 0 Å². The second-order valence-corrected chi connectivity index (χ2v) is 4.01. The van der Waals surface area contributed by atoms with Gasteiger partial charge in [-0.3, -0.25) is 0 Å². The van der Waals surface area contributed by atoms with Crippen molar-refractivity contribution in [3.63, 3.8) is 0 Å². The van der Waals surface area contributed by atoms with Crippen LogP contribution in [-0.2, 0) is 0 Å². The molecule has 1 aromatic rings. The molecule has 0 amide bonds. The maximum Gasteiger partial charge on any atom is 0.189 e. The van der Waals surface area contributed by atoms with Gasteiger partial charge in [-0.05, 0) is 6.07 Å². The molecule has 1 rings (SSSR count). The number of thioether (sulfide) groups is 2. The van der Waals surface area contributed by atoms with Gasteiger partial charge >= 0.3 is 0 Å². The molecule has 0 spiro atoms. The Morgan fingerprint density at radius 1 is 1.21 bits per heavy atom. The highest BCUT2D eigenvalue weighted by Crippen LogP contribution is 2.18. The quantitative estimate of drug-likeness (QED) is 0.438. The van der Waals surface area contributed by atoms with Crippen molar-refractivity contribution in [2.75, 3.05) is 11.5 Å². The van der Waals surface area contributed by atoms with E-state index in [-0.39, 0.29) is 0 Å². The minimum atomic E-state index is 0.340. The van der Waals surface area contributed by atoms with Crippen LogP contribution in [0.25, 0.3) is 0 Å². The van der Waals surface area contributed by atoms with Crippen molar-refractivity contribution in [3.8, 4) is 12.1 Å². The summed E-state index contributed by atoms with van der Waals surface area (Å²) >= 11 is 2.65. The summed E-state index contributed by atoms with van der Waals surface area (Å²) in [5, 5.41) is 18.1. The summed E-state index contributed by atoms with van der Waals surface area (Å²) in [5.41, 5.74) is 0. The second-order valence-electron chi connectivity index (χ2n) is 2.07. The summed E-state index contributed by atoms with van der Waals surface area (Å²) in [7, 11) is 0. The highest BCUT2D eigenvalue weighted by atomic mass is 32.2. The number of aromatic nitrogens is 2. The van der Waals surface area contributed by atoms with Crippen LogP contribution in [0, 0.1) is 22.7 Å². The molecule has 0 fully saturated rings. The lowest BCUT2D eigenvalue weighted by molar-refractivity contribution is 0.893. The Morgan fingerprint density at radius 2 is 1.93 bits per heavy atom. The number of hydrogen-bond donors (Lipinski definition) is 0. The van der Waals surface area contributed by atoms with Gasteiger partial charge in [0, 0.05) is 6.20 Å². The first-order valence-corrected chi connectivity index (χ1v) is 5.66. The zero-order valence-electron chi connectivity index (χ0n) is 7.17. The molecule has 14 heavy (non-hydrogen) atoms. The lowest BCUT2D eigenvalue weighted by Gasteiger charge is -1.98. The summed E-state index contributed by atoms with van der Waals surface area (Å²) in [6.45, 7) is 0. The van der Waals surface area contributed by atoms with E-state index >= 15 is 0 Å². The van der Waals surface area contributed by atoms with Crippen molar-refractivity contribution < 1.29 is 0 Å². The van der Waals surface area contributed by atoms with Crippen LogP contribution >= 0.6 is 23.5 Å². The first-order chi connectivity index (χ1) is 6.86. The largest absolute Gasteiger partial charge is 0.231 e. The van der Waals surface area contributed by atoms with E-state index in [0.29, 0.717) is 16.7 Å². The predicted octanol–water partition coefficient (Wildman–Crippen LogP) is 1.71. The molecule has 0 saturated carbocycles. The molecule has 0 aliphatic heterocycles. The SMILES string of the molecule is N#CCSc1ccnc(SCC#N)n1. The molecule has 6 heteroatoms. The first kappa shape index (κ1) is 10.8. The molecule has 0 bridgehead atoms. The van der Waals surface area contributed by atoms with E-state index in [1.54, 1.807) is 12.3 Å². The lowest BCUT2D eigenvalue weighted by atomic mass is 10.7. The van der Waals surface area contributed by atoms with Gasteiger partial charge in [0.05, 0.1) is 23.6 Å². The van der Waals surface area contributed by atoms with Gasteiger partial charge in [-0.2, -0.15) is 10.5 Å². The average Bonchev–Trinajstić information content (AvgIpc) is 2.24. The summed E-state index contributed by atoms with van der Waals surface area (Å²) in [6, 6.07) is 5.77. The standard InChI is InChI=1S/C8H6N4S2/c9-2-5-13-7-1-4-11-8(12-7)14-6-3-10/h1,4H,5-6H2. The topological polar surface area (TPSA) is 73.4 Å². The molecule has 0 aromatic carbocycles. The van der Waals surface area contributed by atoms with Crippen molar-refractivity contribution in [2.45, 2.75) is 10.2 Å². The van der Waals surface area contributed by atoms with Gasteiger partial charge in [-0.15, -0.1) is 0 Å². The third-order valence-electron chi connectivity index (χ3n) is 1.16. The third kappa shape index (κ3) is 3.65. The molecule has 1 aromatic heterocycles. The van der Waals surface area contributed by atoms with Crippen LogP contribution in [0.4, 0.5) is 0 Å². The van der Waals surface area contributed by atoms with Gasteiger partial charge < -0.3 is 0 Å². The summed E-state index contributed by atoms with van der Waals surface area (Å²) < 4.78 is 0. The third-order valence-corrected chi connectivity index (χ3v) is 2.68. The Morgan fingerprint density at radius 3 is 2.64 bits per heavy atom. The molecule has 0 radical (unpaired) electrons. The maximum absolute atomic E-state index is 8.38. The molecule has 4 nitrogen and oxygen atoms in total. The van der Waals surface area contributed by atoms with Gasteiger partial charge in [0.2, 0.25) is 0 Å². The fourth-order valence-electron chi connectivity index (χ4n) is 0.678. The molecule has 0 unspecified atom stereocenters. The molecular formula is C8H6N4S2. The number of hydrogen-bond acceptors (Lipinski definition) is 6. The molecule has 0 aliphatic carbocycles. The molecule has 70 valence electrons. The molecule has 1 heterocycles. The van der Waals surface area contributed by atoms with Crippen LogP contribution in [0.5, 0.6) is 0 Å². The Hall–Kier alpha value is -1.24. The van der Waals surface area contributed by atoms with Crippen molar-refractivity contribution >= 4 is 23.5 Å². The van der Waals surface area contributed by atoms with E-state index in [1.165, 1.54) is 23.5 Å². The number of nitrogens with zero attached hydrogens (tertiary/aromatic N) is 4. The van der Waals surface area contributed by atoms with Crippen molar-refractivity contribution in [3.05, 3.63) is 12.3 Å². The average molecular weight is 222 g/mol. The minimum Gasteiger partial charge on any atom is -0.231 e. The van der Waals surface area contributed by atoms with Crippen molar-refractivity contribution in [2.24, 2.45) is 0 Å². The summed E-state index contributed by atoms with van der Waals surface area (Å²) in [5.74, 6) is 0.714. The van der Waals surface area contributed by atoms with Gasteiger partial charge in [-0.1, -0.05) is 23.5 Å². The number of rotatable bonds is 4. The maximum atomic E-state index is 8.38. The van der Waals surface area contributed by atoms with Crippen LogP contribution in [0.1, 0.15) is 0 Å². The van der Waals surface area contributed by atoms with E-state index in [9.17, 15) is 0 Å². The van der Waals surface area contributed by atoms with E-state index in [0.717, 1.165) is 5.03 Å². The molecule has 0 saturated heterocycles.